The van der Waals surface area contributed by atoms with Crippen molar-refractivity contribution in [3.05, 3.63) is 81.8 Å². The van der Waals surface area contributed by atoms with Crippen LogP contribution in [-0.4, -0.2) is 14.9 Å². The minimum atomic E-state index is -0.248. The van der Waals surface area contributed by atoms with Crippen molar-refractivity contribution in [1.29, 1.82) is 0 Å². The van der Waals surface area contributed by atoms with Gasteiger partial charge in [-0.1, -0.05) is 68.4 Å². The number of hydrogen-bond donors (Lipinski definition) is 1. The first-order valence-electron chi connectivity index (χ1n) is 8.90. The molecule has 26 heavy (non-hydrogen) atoms. The third kappa shape index (κ3) is 3.69. The highest BCUT2D eigenvalue weighted by Crippen LogP contribution is 2.31. The average molecular weight is 348 g/mol. The molecule has 0 aliphatic carbocycles. The van der Waals surface area contributed by atoms with E-state index in [0.717, 1.165) is 16.7 Å². The largest absolute Gasteiger partial charge is 0.505 e. The van der Waals surface area contributed by atoms with Gasteiger partial charge in [0.25, 0.3) is 5.56 Å². The lowest BCUT2D eigenvalue weighted by atomic mass is 9.99. The summed E-state index contributed by atoms with van der Waals surface area (Å²) in [6.07, 6.45) is 0.476. The molecular weight excluding hydrogens is 324 g/mol. The van der Waals surface area contributed by atoms with Crippen molar-refractivity contribution in [2.24, 2.45) is 5.92 Å². The van der Waals surface area contributed by atoms with E-state index in [1.54, 1.807) is 0 Å². The van der Waals surface area contributed by atoms with Gasteiger partial charge < -0.3 is 5.11 Å². The maximum Gasteiger partial charge on any atom is 0.278 e. The molecule has 4 nitrogen and oxygen atoms in total. The molecule has 0 bridgehead atoms. The van der Waals surface area contributed by atoms with Gasteiger partial charge in [0.15, 0.2) is 5.75 Å². The Balaban J connectivity index is 2.20. The molecule has 0 amide bonds. The second kappa shape index (κ2) is 7.56. The first-order valence-corrected chi connectivity index (χ1v) is 8.90. The van der Waals surface area contributed by atoms with Gasteiger partial charge >= 0.3 is 0 Å². The van der Waals surface area contributed by atoms with E-state index in [4.69, 9.17) is 0 Å². The van der Waals surface area contributed by atoms with Crippen LogP contribution in [0.2, 0.25) is 0 Å². The molecule has 4 heteroatoms. The van der Waals surface area contributed by atoms with Gasteiger partial charge in [-0.3, -0.25) is 4.79 Å². The van der Waals surface area contributed by atoms with Crippen molar-refractivity contribution >= 4 is 0 Å². The summed E-state index contributed by atoms with van der Waals surface area (Å²) >= 11 is 0. The SMILES string of the molecule is Cc1ccccc1-c1c(O)c(Cc2ccccc2)nn(CC(C)C)c1=O. The number of hydrogen-bond acceptors (Lipinski definition) is 3. The maximum atomic E-state index is 13.0. The molecule has 0 saturated heterocycles. The Morgan fingerprint density at radius 1 is 1.04 bits per heavy atom. The van der Waals surface area contributed by atoms with Crippen molar-refractivity contribution < 1.29 is 5.11 Å². The van der Waals surface area contributed by atoms with Crippen LogP contribution in [0.1, 0.15) is 30.7 Å². The summed E-state index contributed by atoms with van der Waals surface area (Å²) in [5.74, 6) is 0.257. The Morgan fingerprint density at radius 2 is 1.69 bits per heavy atom. The third-order valence-corrected chi connectivity index (χ3v) is 4.37. The Kier molecular flexibility index (Phi) is 5.21. The molecule has 1 aromatic heterocycles. The third-order valence-electron chi connectivity index (χ3n) is 4.37. The molecule has 2 aromatic carbocycles. The van der Waals surface area contributed by atoms with E-state index in [9.17, 15) is 9.90 Å². The molecule has 0 aliphatic rings. The fourth-order valence-corrected chi connectivity index (χ4v) is 3.09. The Morgan fingerprint density at radius 3 is 2.35 bits per heavy atom. The van der Waals surface area contributed by atoms with Crippen molar-refractivity contribution in [3.8, 4) is 16.9 Å². The van der Waals surface area contributed by atoms with Gasteiger partial charge in [-0.25, -0.2) is 4.68 Å². The summed E-state index contributed by atoms with van der Waals surface area (Å²) in [5, 5.41) is 15.4. The number of rotatable bonds is 5. The van der Waals surface area contributed by atoms with E-state index < -0.39 is 0 Å². The van der Waals surface area contributed by atoms with Crippen LogP contribution in [0.25, 0.3) is 11.1 Å². The van der Waals surface area contributed by atoms with Gasteiger partial charge in [0.2, 0.25) is 0 Å². The number of benzene rings is 2. The zero-order chi connectivity index (χ0) is 18.7. The number of nitrogens with zero attached hydrogens (tertiary/aromatic N) is 2. The molecule has 0 fully saturated rings. The number of aryl methyl sites for hydroxylation is 1. The minimum absolute atomic E-state index is 0.0202. The molecule has 1 heterocycles. The van der Waals surface area contributed by atoms with Crippen LogP contribution in [0.4, 0.5) is 0 Å². The second-order valence-corrected chi connectivity index (χ2v) is 7.03. The van der Waals surface area contributed by atoms with Crippen molar-refractivity contribution in [3.63, 3.8) is 0 Å². The molecular formula is C22H24N2O2. The van der Waals surface area contributed by atoms with Crippen molar-refractivity contribution in [2.75, 3.05) is 0 Å². The standard InChI is InChI=1S/C22H24N2O2/c1-15(2)14-24-22(26)20(18-12-8-7-9-16(18)3)21(25)19(23-24)13-17-10-5-4-6-11-17/h4-12,15,25H,13-14H2,1-3H3. The molecule has 3 rings (SSSR count). The monoisotopic (exact) mass is 348 g/mol. The van der Waals surface area contributed by atoms with Crippen LogP contribution in [0, 0.1) is 12.8 Å². The Bertz CT molecular complexity index is 960. The van der Waals surface area contributed by atoms with E-state index >= 15 is 0 Å². The van der Waals surface area contributed by atoms with Crippen LogP contribution < -0.4 is 5.56 Å². The van der Waals surface area contributed by atoms with E-state index in [0.29, 0.717) is 24.2 Å². The highest BCUT2D eigenvalue weighted by molar-refractivity contribution is 5.72. The summed E-state index contributed by atoms with van der Waals surface area (Å²) in [6, 6.07) is 17.5. The summed E-state index contributed by atoms with van der Waals surface area (Å²) < 4.78 is 1.49. The Hall–Kier alpha value is -2.88. The van der Waals surface area contributed by atoms with Gasteiger partial charge in [-0.15, -0.1) is 0 Å². The fourth-order valence-electron chi connectivity index (χ4n) is 3.09. The normalized spacial score (nSPS) is 11.1. The molecule has 0 unspecified atom stereocenters. The van der Waals surface area contributed by atoms with Crippen LogP contribution in [-0.2, 0) is 13.0 Å². The highest BCUT2D eigenvalue weighted by Gasteiger charge is 2.20. The first-order chi connectivity index (χ1) is 12.5. The van der Waals surface area contributed by atoms with Crippen LogP contribution in [0.5, 0.6) is 5.75 Å². The predicted molar refractivity (Wildman–Crippen MR) is 104 cm³/mol. The average Bonchev–Trinajstić information content (AvgIpc) is 2.61. The van der Waals surface area contributed by atoms with Gasteiger partial charge in [0.05, 0.1) is 5.56 Å². The maximum absolute atomic E-state index is 13.0. The van der Waals surface area contributed by atoms with Gasteiger partial charge in [-0.2, -0.15) is 5.10 Å². The lowest BCUT2D eigenvalue weighted by molar-refractivity contribution is 0.428. The van der Waals surface area contributed by atoms with E-state index in [-0.39, 0.29) is 17.2 Å². The molecule has 0 aliphatic heterocycles. The quantitative estimate of drug-likeness (QED) is 0.753. The molecule has 0 saturated carbocycles. The molecule has 0 atom stereocenters. The predicted octanol–water partition coefficient (Wildman–Crippen LogP) is 4.17. The van der Waals surface area contributed by atoms with E-state index in [1.807, 2.05) is 75.4 Å². The second-order valence-electron chi connectivity index (χ2n) is 7.03. The summed E-state index contributed by atoms with van der Waals surface area (Å²) in [4.78, 5) is 13.0. The number of aromatic nitrogens is 2. The Labute approximate surface area is 153 Å². The summed E-state index contributed by atoms with van der Waals surface area (Å²) in [6.45, 7) is 6.55. The molecule has 0 spiro atoms. The fraction of sp³-hybridized carbons (Fsp3) is 0.273. The summed E-state index contributed by atoms with van der Waals surface area (Å²) in [7, 11) is 0. The highest BCUT2D eigenvalue weighted by atomic mass is 16.3. The van der Waals surface area contributed by atoms with E-state index in [2.05, 4.69) is 5.10 Å². The smallest absolute Gasteiger partial charge is 0.278 e. The minimum Gasteiger partial charge on any atom is -0.505 e. The van der Waals surface area contributed by atoms with Crippen molar-refractivity contribution in [2.45, 2.75) is 33.7 Å². The first kappa shape index (κ1) is 17.9. The molecule has 3 aromatic rings. The van der Waals surface area contributed by atoms with Crippen molar-refractivity contribution in [1.82, 2.24) is 9.78 Å². The van der Waals surface area contributed by atoms with Crippen LogP contribution in [0.15, 0.2) is 59.4 Å². The van der Waals surface area contributed by atoms with Gasteiger partial charge in [-0.05, 0) is 29.5 Å². The topological polar surface area (TPSA) is 55.1 Å². The van der Waals surface area contributed by atoms with Gasteiger partial charge in [0, 0.05) is 13.0 Å². The molecule has 134 valence electrons. The summed E-state index contributed by atoms with van der Waals surface area (Å²) in [5.41, 5.74) is 3.36. The van der Waals surface area contributed by atoms with E-state index in [1.165, 1.54) is 4.68 Å². The lowest BCUT2D eigenvalue weighted by Crippen LogP contribution is -2.28. The molecule has 1 N–H and O–H groups in total. The number of aromatic hydroxyl groups is 1. The zero-order valence-corrected chi connectivity index (χ0v) is 15.4. The molecule has 0 radical (unpaired) electrons. The van der Waals surface area contributed by atoms with Gasteiger partial charge in [0.1, 0.15) is 5.69 Å². The lowest BCUT2D eigenvalue weighted by Gasteiger charge is -2.16. The van der Waals surface area contributed by atoms with Crippen LogP contribution in [0.3, 0.4) is 0 Å². The van der Waals surface area contributed by atoms with Crippen LogP contribution >= 0.6 is 0 Å². The zero-order valence-electron chi connectivity index (χ0n) is 15.4.